The van der Waals surface area contributed by atoms with Crippen LogP contribution in [0.15, 0.2) is 12.1 Å². The van der Waals surface area contributed by atoms with E-state index in [0.29, 0.717) is 0 Å². The molecule has 5 nitrogen and oxygen atoms in total. The maximum atomic E-state index is 11.7. The number of pyridine rings is 1. The molecule has 0 bridgehead atoms. The highest BCUT2D eigenvalue weighted by Crippen LogP contribution is 2.16. The van der Waals surface area contributed by atoms with Crippen molar-refractivity contribution in [2.24, 2.45) is 0 Å². The van der Waals surface area contributed by atoms with Gasteiger partial charge in [0.05, 0.1) is 17.7 Å². The van der Waals surface area contributed by atoms with Gasteiger partial charge in [0.2, 0.25) is 0 Å². The van der Waals surface area contributed by atoms with Crippen molar-refractivity contribution in [3.8, 4) is 0 Å². The number of aliphatic hydroxyl groups excluding tert-OH is 1. The number of aromatic nitrogens is 1. The van der Waals surface area contributed by atoms with Gasteiger partial charge in [-0.2, -0.15) is 0 Å². The third kappa shape index (κ3) is 4.47. The monoisotopic (exact) mass is 278 g/mol. The summed E-state index contributed by atoms with van der Waals surface area (Å²) in [5.41, 5.74) is 0.0313. The summed E-state index contributed by atoms with van der Waals surface area (Å²) in [4.78, 5) is 15.5. The number of halogens is 2. The summed E-state index contributed by atoms with van der Waals surface area (Å²) in [6.45, 7) is 0.189. The minimum Gasteiger partial charge on any atom is -0.389 e. The van der Waals surface area contributed by atoms with Crippen LogP contribution >= 0.6 is 23.2 Å². The maximum Gasteiger partial charge on any atom is 0.271 e. The highest BCUT2D eigenvalue weighted by Gasteiger charge is 2.14. The molecular formula is C10H12Cl2N2O3. The van der Waals surface area contributed by atoms with E-state index in [9.17, 15) is 9.90 Å². The Morgan fingerprint density at radius 2 is 2.29 bits per heavy atom. The zero-order chi connectivity index (χ0) is 12.8. The molecular weight excluding hydrogens is 267 g/mol. The van der Waals surface area contributed by atoms with Crippen molar-refractivity contribution < 1.29 is 14.6 Å². The Hall–Kier alpha value is -0.880. The number of carbonyl (C=O) groups is 1. The van der Waals surface area contributed by atoms with E-state index in [0.717, 1.165) is 0 Å². The molecule has 0 saturated heterocycles. The van der Waals surface area contributed by atoms with Crippen molar-refractivity contribution >= 4 is 29.1 Å². The van der Waals surface area contributed by atoms with E-state index in [4.69, 9.17) is 27.9 Å². The molecule has 1 rings (SSSR count). The molecule has 0 aliphatic carbocycles. The molecule has 0 spiro atoms. The van der Waals surface area contributed by atoms with Gasteiger partial charge < -0.3 is 15.2 Å². The highest BCUT2D eigenvalue weighted by atomic mass is 35.5. The standard InChI is InChI=1S/C10H12Cl2N2O3/c1-17-5-6(15)4-13-10(16)9-7(11)2-3-8(12)14-9/h2-3,6,15H,4-5H2,1H3,(H,13,16). The molecule has 1 unspecified atom stereocenters. The first-order valence-corrected chi connectivity index (χ1v) is 5.57. The van der Waals surface area contributed by atoms with Gasteiger partial charge >= 0.3 is 0 Å². The Labute approximate surface area is 109 Å². The molecule has 7 heteroatoms. The van der Waals surface area contributed by atoms with Crippen LogP contribution in [0.1, 0.15) is 10.5 Å². The number of carbonyl (C=O) groups excluding carboxylic acids is 1. The number of methoxy groups -OCH3 is 1. The zero-order valence-corrected chi connectivity index (χ0v) is 10.6. The van der Waals surface area contributed by atoms with E-state index < -0.39 is 12.0 Å². The number of nitrogens with zero attached hydrogens (tertiary/aromatic N) is 1. The third-order valence-electron chi connectivity index (χ3n) is 1.88. The first kappa shape index (κ1) is 14.2. The van der Waals surface area contributed by atoms with E-state index in [1.807, 2.05) is 0 Å². The third-order valence-corrected chi connectivity index (χ3v) is 2.40. The lowest BCUT2D eigenvalue weighted by Gasteiger charge is -2.10. The van der Waals surface area contributed by atoms with E-state index in [1.165, 1.54) is 19.2 Å². The van der Waals surface area contributed by atoms with Gasteiger partial charge in [0.25, 0.3) is 5.91 Å². The molecule has 2 N–H and O–H groups in total. The van der Waals surface area contributed by atoms with Crippen molar-refractivity contribution in [2.75, 3.05) is 20.3 Å². The molecule has 1 heterocycles. The quantitative estimate of drug-likeness (QED) is 0.792. The molecule has 0 aliphatic heterocycles. The Morgan fingerprint density at radius 1 is 1.59 bits per heavy atom. The number of nitrogens with one attached hydrogen (secondary N) is 1. The van der Waals surface area contributed by atoms with Crippen molar-refractivity contribution in [3.05, 3.63) is 28.0 Å². The Morgan fingerprint density at radius 3 is 2.94 bits per heavy atom. The van der Waals surface area contributed by atoms with Crippen LogP contribution in [0.4, 0.5) is 0 Å². The lowest BCUT2D eigenvalue weighted by Crippen LogP contribution is -2.34. The van der Waals surface area contributed by atoms with Crippen LogP contribution in [0.25, 0.3) is 0 Å². The molecule has 1 aromatic heterocycles. The highest BCUT2D eigenvalue weighted by molar-refractivity contribution is 6.34. The van der Waals surface area contributed by atoms with E-state index in [2.05, 4.69) is 10.3 Å². The van der Waals surface area contributed by atoms with Gasteiger partial charge in [0, 0.05) is 13.7 Å². The van der Waals surface area contributed by atoms with E-state index in [-0.39, 0.29) is 29.0 Å². The number of hydrogen-bond donors (Lipinski definition) is 2. The first-order chi connectivity index (χ1) is 8.04. The van der Waals surface area contributed by atoms with Gasteiger partial charge in [-0.15, -0.1) is 0 Å². The molecule has 17 heavy (non-hydrogen) atoms. The van der Waals surface area contributed by atoms with Crippen molar-refractivity contribution in [2.45, 2.75) is 6.10 Å². The number of hydrogen-bond acceptors (Lipinski definition) is 4. The lowest BCUT2D eigenvalue weighted by atomic mass is 10.3. The Balaban J connectivity index is 2.61. The molecule has 0 radical (unpaired) electrons. The fraction of sp³-hybridized carbons (Fsp3) is 0.400. The first-order valence-electron chi connectivity index (χ1n) is 4.82. The van der Waals surface area contributed by atoms with Crippen LogP contribution in [-0.2, 0) is 4.74 Å². The van der Waals surface area contributed by atoms with Gasteiger partial charge in [0.1, 0.15) is 10.8 Å². The van der Waals surface area contributed by atoms with Crippen LogP contribution in [-0.4, -0.2) is 42.4 Å². The lowest BCUT2D eigenvalue weighted by molar-refractivity contribution is 0.0608. The number of ether oxygens (including phenoxy) is 1. The minimum atomic E-state index is -0.776. The minimum absolute atomic E-state index is 0.0313. The Kier molecular flexibility index (Phi) is 5.64. The molecule has 1 atom stereocenters. The second-order valence-corrected chi connectivity index (χ2v) is 4.08. The maximum absolute atomic E-state index is 11.7. The van der Waals surface area contributed by atoms with Crippen molar-refractivity contribution in [1.29, 1.82) is 0 Å². The molecule has 94 valence electrons. The SMILES string of the molecule is COCC(O)CNC(=O)c1nc(Cl)ccc1Cl. The molecule has 0 aromatic carbocycles. The largest absolute Gasteiger partial charge is 0.389 e. The zero-order valence-electron chi connectivity index (χ0n) is 9.11. The summed E-state index contributed by atoms with van der Waals surface area (Å²) in [5, 5.41) is 12.2. The average molecular weight is 279 g/mol. The van der Waals surface area contributed by atoms with Crippen LogP contribution in [0, 0.1) is 0 Å². The predicted molar refractivity (Wildman–Crippen MR) is 64.5 cm³/mol. The van der Waals surface area contributed by atoms with E-state index >= 15 is 0 Å². The fourth-order valence-corrected chi connectivity index (χ4v) is 1.46. The van der Waals surface area contributed by atoms with Gasteiger partial charge in [-0.05, 0) is 12.1 Å². The van der Waals surface area contributed by atoms with Crippen molar-refractivity contribution in [3.63, 3.8) is 0 Å². The van der Waals surface area contributed by atoms with Gasteiger partial charge in [-0.25, -0.2) is 4.98 Å². The summed E-state index contributed by atoms with van der Waals surface area (Å²) in [7, 11) is 1.46. The van der Waals surface area contributed by atoms with Crippen molar-refractivity contribution in [1.82, 2.24) is 10.3 Å². The van der Waals surface area contributed by atoms with Gasteiger partial charge in [-0.3, -0.25) is 4.79 Å². The number of rotatable bonds is 5. The number of aliphatic hydroxyl groups is 1. The number of amides is 1. The summed E-state index contributed by atoms with van der Waals surface area (Å²) in [6.07, 6.45) is -0.776. The summed E-state index contributed by atoms with van der Waals surface area (Å²) < 4.78 is 4.72. The van der Waals surface area contributed by atoms with Crippen LogP contribution in [0.2, 0.25) is 10.2 Å². The smallest absolute Gasteiger partial charge is 0.271 e. The summed E-state index contributed by atoms with van der Waals surface area (Å²) >= 11 is 11.5. The predicted octanol–water partition coefficient (Wildman–Crippen LogP) is 1.13. The topological polar surface area (TPSA) is 71.5 Å². The average Bonchev–Trinajstić information content (AvgIpc) is 2.29. The van der Waals surface area contributed by atoms with Crippen LogP contribution in [0.3, 0.4) is 0 Å². The second kappa shape index (κ2) is 6.76. The molecule has 1 amide bonds. The Bertz CT molecular complexity index is 401. The molecule has 0 fully saturated rings. The molecule has 0 aliphatic rings. The fourth-order valence-electron chi connectivity index (χ4n) is 1.12. The normalized spacial score (nSPS) is 12.2. The van der Waals surface area contributed by atoms with Crippen LogP contribution < -0.4 is 5.32 Å². The summed E-state index contributed by atoms with van der Waals surface area (Å²) in [6, 6.07) is 2.97. The molecule has 1 aromatic rings. The second-order valence-electron chi connectivity index (χ2n) is 3.28. The van der Waals surface area contributed by atoms with Gasteiger partial charge in [-0.1, -0.05) is 23.2 Å². The van der Waals surface area contributed by atoms with Crippen LogP contribution in [0.5, 0.6) is 0 Å². The summed E-state index contributed by atoms with van der Waals surface area (Å²) in [5.74, 6) is -0.493. The molecule has 0 saturated carbocycles. The van der Waals surface area contributed by atoms with Gasteiger partial charge in [0.15, 0.2) is 0 Å². The van der Waals surface area contributed by atoms with E-state index in [1.54, 1.807) is 0 Å².